The molecular formula is C36H42N4O7. The van der Waals surface area contributed by atoms with E-state index in [0.29, 0.717) is 52.3 Å². The Morgan fingerprint density at radius 2 is 1.40 bits per heavy atom. The highest BCUT2D eigenvalue weighted by Gasteiger charge is 2.57. The van der Waals surface area contributed by atoms with Crippen LogP contribution in [-0.2, 0) is 24.1 Å². The SMILES string of the molecule is COc1c(C)c(OC)c2c(c1O)[C@@H]1[C@@H]3Cc4c(OC)c(C)c(OC)c(O)c4[C@H](CNC(=O)Cc4ccccc4)N3C(C#N)[C@H](C2)N1C. The molecule has 1 saturated heterocycles. The van der Waals surface area contributed by atoms with Gasteiger partial charge in [-0.25, -0.2) is 0 Å². The van der Waals surface area contributed by atoms with E-state index < -0.39 is 12.1 Å². The summed E-state index contributed by atoms with van der Waals surface area (Å²) >= 11 is 0. The Bertz CT molecular complexity index is 1760. The second-order valence-electron chi connectivity index (χ2n) is 12.5. The first-order chi connectivity index (χ1) is 22.6. The van der Waals surface area contributed by atoms with Gasteiger partial charge in [-0.2, -0.15) is 5.26 Å². The van der Waals surface area contributed by atoms with Crippen molar-refractivity contribution in [2.24, 2.45) is 0 Å². The third kappa shape index (κ3) is 4.89. The van der Waals surface area contributed by atoms with E-state index in [-0.39, 0.29) is 54.2 Å². The van der Waals surface area contributed by atoms with Crippen molar-refractivity contribution in [3.05, 3.63) is 69.3 Å². The summed E-state index contributed by atoms with van der Waals surface area (Å²) in [5.41, 5.74) is 5.11. The van der Waals surface area contributed by atoms with Gasteiger partial charge in [-0.3, -0.25) is 14.6 Å². The highest BCUT2D eigenvalue weighted by molar-refractivity contribution is 5.78. The number of rotatable bonds is 8. The zero-order valence-corrected chi connectivity index (χ0v) is 27.9. The third-order valence-electron chi connectivity index (χ3n) is 10.4. The first-order valence-electron chi connectivity index (χ1n) is 15.7. The molecule has 3 aromatic rings. The lowest BCUT2D eigenvalue weighted by atomic mass is 9.71. The van der Waals surface area contributed by atoms with Crippen LogP contribution in [0, 0.1) is 25.2 Å². The van der Waals surface area contributed by atoms with Crippen molar-refractivity contribution in [3.8, 4) is 40.6 Å². The Morgan fingerprint density at radius 3 is 1.96 bits per heavy atom. The van der Waals surface area contributed by atoms with Crippen molar-refractivity contribution >= 4 is 5.91 Å². The quantitative estimate of drug-likeness (QED) is 0.332. The van der Waals surface area contributed by atoms with Gasteiger partial charge in [-0.1, -0.05) is 30.3 Å². The highest BCUT2D eigenvalue weighted by Crippen LogP contribution is 2.58. The van der Waals surface area contributed by atoms with Gasteiger partial charge in [0.1, 0.15) is 17.5 Å². The number of phenolic OH excluding ortho intramolecular Hbond substituents is 2. The summed E-state index contributed by atoms with van der Waals surface area (Å²) in [6.07, 6.45) is 1.02. The van der Waals surface area contributed by atoms with E-state index in [1.807, 2.05) is 51.2 Å². The van der Waals surface area contributed by atoms with Gasteiger partial charge in [-0.05, 0) is 39.3 Å². The summed E-state index contributed by atoms with van der Waals surface area (Å²) in [5.74, 6) is 1.68. The minimum atomic E-state index is -0.634. The molecule has 0 spiro atoms. The minimum absolute atomic E-state index is 0.0375. The number of nitrogens with zero attached hydrogens (tertiary/aromatic N) is 3. The van der Waals surface area contributed by atoms with E-state index in [2.05, 4.69) is 21.2 Å². The predicted molar refractivity (Wildman–Crippen MR) is 175 cm³/mol. The highest BCUT2D eigenvalue weighted by atomic mass is 16.5. The first-order valence-corrected chi connectivity index (χ1v) is 15.7. The number of ether oxygens (including phenoxy) is 4. The number of amides is 1. The van der Waals surface area contributed by atoms with Crippen LogP contribution in [0.5, 0.6) is 34.5 Å². The van der Waals surface area contributed by atoms with E-state index in [1.165, 1.54) is 14.2 Å². The maximum Gasteiger partial charge on any atom is 0.224 e. The third-order valence-corrected chi connectivity index (χ3v) is 10.4. The molecular weight excluding hydrogens is 600 g/mol. The van der Waals surface area contributed by atoms with Crippen LogP contribution in [-0.4, -0.2) is 86.1 Å². The zero-order valence-electron chi connectivity index (χ0n) is 27.9. The van der Waals surface area contributed by atoms with Crippen molar-refractivity contribution in [3.63, 3.8) is 0 Å². The van der Waals surface area contributed by atoms with Gasteiger partial charge in [0.25, 0.3) is 0 Å². The molecule has 5 atom stereocenters. The largest absolute Gasteiger partial charge is 0.504 e. The van der Waals surface area contributed by atoms with Crippen LogP contribution in [0.4, 0.5) is 0 Å². The number of nitriles is 1. The molecule has 2 bridgehead atoms. The lowest BCUT2D eigenvalue weighted by Gasteiger charge is -2.60. The van der Waals surface area contributed by atoms with E-state index >= 15 is 0 Å². The summed E-state index contributed by atoms with van der Waals surface area (Å²) in [5, 5.41) is 37.5. The van der Waals surface area contributed by atoms with Crippen molar-refractivity contribution < 1.29 is 34.0 Å². The van der Waals surface area contributed by atoms with Gasteiger partial charge in [0.15, 0.2) is 23.0 Å². The molecule has 11 heteroatoms. The van der Waals surface area contributed by atoms with E-state index in [1.54, 1.807) is 14.2 Å². The number of hydrogen-bond acceptors (Lipinski definition) is 10. The molecule has 1 fully saturated rings. The number of carbonyl (C=O) groups is 1. The molecule has 0 aromatic heterocycles. The summed E-state index contributed by atoms with van der Waals surface area (Å²) in [6.45, 7) is 3.81. The molecule has 11 nitrogen and oxygen atoms in total. The number of carbonyl (C=O) groups excluding carboxylic acids is 1. The minimum Gasteiger partial charge on any atom is -0.504 e. The van der Waals surface area contributed by atoms with Crippen molar-refractivity contribution in [2.45, 2.75) is 63.3 Å². The summed E-state index contributed by atoms with van der Waals surface area (Å²) in [6, 6.07) is 9.78. The lowest BCUT2D eigenvalue weighted by molar-refractivity contribution is -0.121. The molecule has 3 aliphatic heterocycles. The number of methoxy groups -OCH3 is 4. The van der Waals surface area contributed by atoms with Crippen LogP contribution < -0.4 is 24.3 Å². The Morgan fingerprint density at radius 1 is 0.872 bits per heavy atom. The number of aromatic hydroxyl groups is 2. The first kappa shape index (κ1) is 32.3. The number of likely N-dealkylation sites (N-methyl/N-ethyl adjacent to an activating group) is 1. The van der Waals surface area contributed by atoms with Gasteiger partial charge in [0, 0.05) is 52.0 Å². The number of phenols is 2. The van der Waals surface area contributed by atoms with Gasteiger partial charge >= 0.3 is 0 Å². The van der Waals surface area contributed by atoms with Crippen LogP contribution in [0.3, 0.4) is 0 Å². The fourth-order valence-corrected chi connectivity index (χ4v) is 8.47. The van der Waals surface area contributed by atoms with Crippen LogP contribution in [0.15, 0.2) is 30.3 Å². The molecule has 3 N–H and O–H groups in total. The summed E-state index contributed by atoms with van der Waals surface area (Å²) in [7, 11) is 8.20. The number of piperazine rings is 1. The molecule has 3 aromatic carbocycles. The topological polar surface area (TPSA) is 137 Å². The molecule has 0 radical (unpaired) electrons. The molecule has 248 valence electrons. The zero-order chi connectivity index (χ0) is 33.7. The average Bonchev–Trinajstić information content (AvgIpc) is 3.05. The summed E-state index contributed by atoms with van der Waals surface area (Å²) in [4.78, 5) is 17.6. The maximum atomic E-state index is 13.3. The maximum absolute atomic E-state index is 13.3. The number of hydrogen-bond donors (Lipinski definition) is 3. The molecule has 0 aliphatic carbocycles. The van der Waals surface area contributed by atoms with E-state index in [0.717, 1.165) is 16.7 Å². The number of fused-ring (bicyclic) bond motifs is 7. The Kier molecular flexibility index (Phi) is 8.59. The molecule has 47 heavy (non-hydrogen) atoms. The number of benzene rings is 3. The fraction of sp³-hybridized carbons (Fsp3) is 0.444. The number of nitrogens with one attached hydrogen (secondary N) is 1. The summed E-state index contributed by atoms with van der Waals surface area (Å²) < 4.78 is 23.2. The average molecular weight is 643 g/mol. The second-order valence-corrected chi connectivity index (χ2v) is 12.5. The Hall–Kier alpha value is -4.66. The normalized spacial score (nSPS) is 23.1. The standard InChI is InChI=1S/C36H42N4O7/c1-18-33(44-4)21-15-24-30-29-22(34(45-5)19(2)36(47-7)32(29)43)14-23(39(30)3)25(16-37)40(24)26(28(21)31(42)35(18)46-6)17-38-27(41)13-20-11-9-8-10-12-20/h8-12,23-26,30,42-43H,13-15,17H2,1-7H3,(H,38,41)/t23-,24-,25?,26-,30-/m0/s1. The van der Waals surface area contributed by atoms with Crippen LogP contribution in [0.25, 0.3) is 0 Å². The van der Waals surface area contributed by atoms with Crippen LogP contribution in [0.1, 0.15) is 51.0 Å². The van der Waals surface area contributed by atoms with E-state index in [4.69, 9.17) is 18.9 Å². The van der Waals surface area contributed by atoms with Crippen molar-refractivity contribution in [2.75, 3.05) is 42.0 Å². The predicted octanol–water partition coefficient (Wildman–Crippen LogP) is 3.88. The van der Waals surface area contributed by atoms with Crippen LogP contribution in [0.2, 0.25) is 0 Å². The molecule has 1 unspecified atom stereocenters. The van der Waals surface area contributed by atoms with Gasteiger partial charge in [0.05, 0.1) is 53.0 Å². The fourth-order valence-electron chi connectivity index (χ4n) is 8.47. The van der Waals surface area contributed by atoms with Gasteiger partial charge in [0.2, 0.25) is 5.91 Å². The van der Waals surface area contributed by atoms with E-state index in [9.17, 15) is 20.3 Å². The molecule has 6 rings (SSSR count). The Labute approximate surface area is 275 Å². The van der Waals surface area contributed by atoms with Crippen LogP contribution >= 0.6 is 0 Å². The van der Waals surface area contributed by atoms with Gasteiger partial charge < -0.3 is 34.5 Å². The Balaban J connectivity index is 1.55. The molecule has 3 heterocycles. The smallest absolute Gasteiger partial charge is 0.224 e. The monoisotopic (exact) mass is 642 g/mol. The second kappa shape index (κ2) is 12.5. The molecule has 1 amide bonds. The van der Waals surface area contributed by atoms with Crippen molar-refractivity contribution in [1.82, 2.24) is 15.1 Å². The van der Waals surface area contributed by atoms with Crippen molar-refractivity contribution in [1.29, 1.82) is 5.26 Å². The molecule has 0 saturated carbocycles. The van der Waals surface area contributed by atoms with Gasteiger partial charge in [-0.15, -0.1) is 0 Å². The lowest BCUT2D eigenvalue weighted by Crippen LogP contribution is -2.68. The molecule has 3 aliphatic rings.